The molecule has 1 aromatic heterocycles. The van der Waals surface area contributed by atoms with Gasteiger partial charge >= 0.3 is 6.09 Å². The van der Waals surface area contributed by atoms with Crippen molar-refractivity contribution in [2.75, 3.05) is 18.0 Å². The first-order valence-corrected chi connectivity index (χ1v) is 10.5. The molecule has 0 spiro atoms. The quantitative estimate of drug-likeness (QED) is 0.809. The number of nitrogens with one attached hydrogen (secondary N) is 1. The second-order valence-corrected chi connectivity index (χ2v) is 9.88. The molecular weight excluding hydrogens is 386 g/mol. The van der Waals surface area contributed by atoms with E-state index in [1.54, 1.807) is 49.8 Å². The molecule has 1 N–H and O–H groups in total. The minimum Gasteiger partial charge on any atom is -0.444 e. The van der Waals surface area contributed by atoms with Gasteiger partial charge in [0.2, 0.25) is 11.8 Å². The summed E-state index contributed by atoms with van der Waals surface area (Å²) < 4.78 is 7.18. The van der Waals surface area contributed by atoms with Crippen LogP contribution in [0.25, 0.3) is 0 Å². The van der Waals surface area contributed by atoms with E-state index in [9.17, 15) is 14.4 Å². The first-order chi connectivity index (χ1) is 13.9. The van der Waals surface area contributed by atoms with Gasteiger partial charge in [-0.15, -0.1) is 0 Å². The number of rotatable bonds is 3. The Hall–Kier alpha value is -2.58. The number of carbonyl (C=O) groups is 3. The van der Waals surface area contributed by atoms with Crippen molar-refractivity contribution in [2.45, 2.75) is 71.6 Å². The summed E-state index contributed by atoms with van der Waals surface area (Å²) in [5.41, 5.74) is -0.359. The lowest BCUT2D eigenvalue weighted by Gasteiger charge is -2.45. The summed E-state index contributed by atoms with van der Waals surface area (Å²) >= 11 is 0. The Balaban J connectivity index is 1.74. The smallest absolute Gasteiger partial charge is 0.410 e. The lowest BCUT2D eigenvalue weighted by Crippen LogP contribution is -2.61. The van der Waals surface area contributed by atoms with E-state index in [0.29, 0.717) is 25.2 Å². The van der Waals surface area contributed by atoms with Crippen LogP contribution in [0.15, 0.2) is 12.4 Å². The van der Waals surface area contributed by atoms with Gasteiger partial charge in [-0.1, -0.05) is 13.8 Å². The monoisotopic (exact) mass is 419 g/mol. The molecule has 1 aromatic rings. The van der Waals surface area contributed by atoms with E-state index >= 15 is 0 Å². The molecule has 2 fully saturated rings. The van der Waals surface area contributed by atoms with E-state index in [1.165, 1.54) is 4.90 Å². The highest BCUT2D eigenvalue weighted by atomic mass is 16.6. The number of aryl methyl sites for hydroxylation is 1. The summed E-state index contributed by atoms with van der Waals surface area (Å²) in [5.74, 6) is -0.467. The van der Waals surface area contributed by atoms with E-state index in [-0.39, 0.29) is 11.8 Å². The highest BCUT2D eigenvalue weighted by molar-refractivity contribution is 6.02. The Labute approximate surface area is 177 Å². The Bertz CT molecular complexity index is 826. The first-order valence-electron chi connectivity index (χ1n) is 10.5. The van der Waals surface area contributed by atoms with Crippen LogP contribution in [-0.4, -0.2) is 63.4 Å². The molecule has 0 aromatic carbocycles. The number of hydrogen-bond acceptors (Lipinski definition) is 5. The van der Waals surface area contributed by atoms with Crippen molar-refractivity contribution < 1.29 is 19.1 Å². The van der Waals surface area contributed by atoms with Crippen LogP contribution in [0, 0.1) is 5.41 Å². The number of amides is 3. The summed E-state index contributed by atoms with van der Waals surface area (Å²) in [6, 6.07) is -1.31. The maximum atomic E-state index is 13.3. The predicted octanol–water partition coefficient (Wildman–Crippen LogP) is 2.07. The molecular formula is C21H33N5O4. The second-order valence-electron chi connectivity index (χ2n) is 9.88. The molecule has 2 atom stereocenters. The number of carbonyl (C=O) groups excluding carboxylic acids is 3. The molecule has 9 heteroatoms. The number of aromatic nitrogens is 2. The van der Waals surface area contributed by atoms with E-state index in [1.807, 2.05) is 13.8 Å². The van der Waals surface area contributed by atoms with Gasteiger partial charge in [-0.2, -0.15) is 5.10 Å². The second kappa shape index (κ2) is 7.92. The van der Waals surface area contributed by atoms with Crippen molar-refractivity contribution in [3.05, 3.63) is 12.4 Å². The molecule has 0 unspecified atom stereocenters. The zero-order valence-corrected chi connectivity index (χ0v) is 18.8. The van der Waals surface area contributed by atoms with Gasteiger partial charge in [0, 0.05) is 26.3 Å². The first kappa shape index (κ1) is 22.1. The van der Waals surface area contributed by atoms with Gasteiger partial charge in [-0.3, -0.25) is 19.2 Å². The fraction of sp³-hybridized carbons (Fsp3) is 0.714. The van der Waals surface area contributed by atoms with Gasteiger partial charge in [0.15, 0.2) is 0 Å². The molecule has 0 radical (unpaired) electrons. The van der Waals surface area contributed by atoms with Crippen LogP contribution in [0.2, 0.25) is 0 Å². The van der Waals surface area contributed by atoms with Gasteiger partial charge in [-0.05, 0) is 45.4 Å². The van der Waals surface area contributed by atoms with Crippen LogP contribution in [0.4, 0.5) is 10.5 Å². The molecule has 3 amide bonds. The summed E-state index contributed by atoms with van der Waals surface area (Å²) in [6.07, 6.45) is 5.04. The average molecular weight is 420 g/mol. The van der Waals surface area contributed by atoms with Crippen molar-refractivity contribution in [1.82, 2.24) is 20.0 Å². The lowest BCUT2D eigenvalue weighted by atomic mass is 9.76. The van der Waals surface area contributed by atoms with Crippen molar-refractivity contribution in [1.29, 1.82) is 0 Å². The topological polar surface area (TPSA) is 96.8 Å². The molecule has 30 heavy (non-hydrogen) atoms. The standard InChI is InChI=1S/C21H33N5O4/c1-20(2,3)30-19(29)26-10-7-9-21(4,5)16(26)17(27)23-15-8-11-25(18(15)28)14-12-22-24(6)13-14/h12-13,15-16H,7-11H2,1-6H3,(H,23,27)/t15-,16-/m1/s1. The molecule has 2 aliphatic heterocycles. The highest BCUT2D eigenvalue weighted by Gasteiger charge is 2.47. The van der Waals surface area contributed by atoms with Gasteiger partial charge in [-0.25, -0.2) is 4.79 Å². The number of piperidine rings is 1. The molecule has 2 saturated heterocycles. The van der Waals surface area contributed by atoms with Crippen molar-refractivity contribution in [2.24, 2.45) is 12.5 Å². The number of anilines is 1. The Kier molecular flexibility index (Phi) is 5.84. The lowest BCUT2D eigenvalue weighted by molar-refractivity contribution is -0.135. The van der Waals surface area contributed by atoms with E-state index < -0.39 is 29.2 Å². The van der Waals surface area contributed by atoms with Crippen molar-refractivity contribution in [3.8, 4) is 0 Å². The Morgan fingerprint density at radius 1 is 1.27 bits per heavy atom. The molecule has 0 saturated carbocycles. The molecule has 3 heterocycles. The van der Waals surface area contributed by atoms with E-state index in [2.05, 4.69) is 10.4 Å². The normalized spacial score (nSPS) is 24.1. The fourth-order valence-corrected chi connectivity index (χ4v) is 4.27. The van der Waals surface area contributed by atoms with Gasteiger partial charge in [0.1, 0.15) is 17.7 Å². The third kappa shape index (κ3) is 4.60. The van der Waals surface area contributed by atoms with Crippen molar-refractivity contribution >= 4 is 23.6 Å². The Morgan fingerprint density at radius 2 is 1.97 bits per heavy atom. The molecule has 9 nitrogen and oxygen atoms in total. The Morgan fingerprint density at radius 3 is 2.57 bits per heavy atom. The van der Waals surface area contributed by atoms with Crippen LogP contribution in [0.3, 0.4) is 0 Å². The maximum absolute atomic E-state index is 13.3. The third-order valence-electron chi connectivity index (χ3n) is 5.67. The van der Waals surface area contributed by atoms with Crippen LogP contribution >= 0.6 is 0 Å². The molecule has 2 aliphatic rings. The summed E-state index contributed by atoms with van der Waals surface area (Å²) in [6.45, 7) is 10.3. The zero-order valence-electron chi connectivity index (χ0n) is 18.8. The largest absolute Gasteiger partial charge is 0.444 e. The van der Waals surface area contributed by atoms with Crippen LogP contribution in [0.1, 0.15) is 53.9 Å². The van der Waals surface area contributed by atoms with Crippen LogP contribution < -0.4 is 10.2 Å². The fourth-order valence-electron chi connectivity index (χ4n) is 4.27. The maximum Gasteiger partial charge on any atom is 0.410 e. The third-order valence-corrected chi connectivity index (χ3v) is 5.67. The van der Waals surface area contributed by atoms with E-state index in [4.69, 9.17) is 4.74 Å². The van der Waals surface area contributed by atoms with Crippen LogP contribution in [0.5, 0.6) is 0 Å². The number of likely N-dealkylation sites (tertiary alicyclic amines) is 1. The van der Waals surface area contributed by atoms with Gasteiger partial charge in [0.05, 0.1) is 11.9 Å². The summed E-state index contributed by atoms with van der Waals surface area (Å²) in [7, 11) is 1.79. The van der Waals surface area contributed by atoms with Gasteiger partial charge < -0.3 is 15.0 Å². The summed E-state index contributed by atoms with van der Waals surface area (Å²) in [4.78, 5) is 42.1. The molecule has 0 bridgehead atoms. The SMILES string of the molecule is Cn1cc(N2CC[C@@H](NC(=O)[C@H]3N(C(=O)OC(C)(C)C)CCCC3(C)C)C2=O)cn1. The minimum atomic E-state index is -0.693. The van der Waals surface area contributed by atoms with Crippen molar-refractivity contribution in [3.63, 3.8) is 0 Å². The van der Waals surface area contributed by atoms with Crippen LogP contribution in [-0.2, 0) is 21.4 Å². The number of nitrogens with zero attached hydrogens (tertiary/aromatic N) is 4. The van der Waals surface area contributed by atoms with Gasteiger partial charge in [0.25, 0.3) is 0 Å². The highest BCUT2D eigenvalue weighted by Crippen LogP contribution is 2.36. The molecule has 0 aliphatic carbocycles. The zero-order chi connectivity index (χ0) is 22.3. The molecule has 166 valence electrons. The number of hydrogen-bond donors (Lipinski definition) is 1. The summed E-state index contributed by atoms with van der Waals surface area (Å²) in [5, 5.41) is 7.01. The molecule has 3 rings (SSSR count). The average Bonchev–Trinajstić information content (AvgIpc) is 3.18. The predicted molar refractivity (Wildman–Crippen MR) is 112 cm³/mol. The number of ether oxygens (including phenoxy) is 1. The minimum absolute atomic E-state index is 0.159. The van der Waals surface area contributed by atoms with E-state index in [0.717, 1.165) is 12.8 Å².